The molecule has 2 heterocycles. The number of nitrogens with zero attached hydrogens (tertiary/aromatic N) is 2. The van der Waals surface area contributed by atoms with Gasteiger partial charge in [-0.1, -0.05) is 43.2 Å². The Morgan fingerprint density at radius 2 is 1.84 bits per heavy atom. The number of carbonyl (C=O) groups is 1. The summed E-state index contributed by atoms with van der Waals surface area (Å²) in [6, 6.07) is 14.7. The lowest BCUT2D eigenvalue weighted by Gasteiger charge is -2.48. The predicted molar refractivity (Wildman–Crippen MR) is 99.2 cm³/mol. The Kier molecular flexibility index (Phi) is 4.43. The normalized spacial score (nSPS) is 26.1. The van der Waals surface area contributed by atoms with Crippen LogP contribution in [0.1, 0.15) is 53.9 Å². The van der Waals surface area contributed by atoms with Crippen molar-refractivity contribution in [2.24, 2.45) is 5.92 Å². The number of nitrogens with two attached hydrogens (primary N) is 1. The third-order valence-electron chi connectivity index (χ3n) is 5.94. The van der Waals surface area contributed by atoms with Crippen LogP contribution in [0.5, 0.6) is 0 Å². The van der Waals surface area contributed by atoms with Crippen molar-refractivity contribution in [1.29, 1.82) is 0 Å². The summed E-state index contributed by atoms with van der Waals surface area (Å²) in [5.41, 5.74) is 7.93. The number of amides is 1. The van der Waals surface area contributed by atoms with E-state index in [0.717, 1.165) is 19.4 Å². The fourth-order valence-corrected chi connectivity index (χ4v) is 4.77. The minimum atomic E-state index is 0.0500. The monoisotopic (exact) mass is 335 g/mol. The van der Waals surface area contributed by atoms with E-state index in [1.807, 2.05) is 0 Å². The average molecular weight is 335 g/mol. The van der Waals surface area contributed by atoms with E-state index in [4.69, 9.17) is 5.73 Å². The highest BCUT2D eigenvalue weighted by Crippen LogP contribution is 2.44. The van der Waals surface area contributed by atoms with E-state index in [1.54, 1.807) is 18.3 Å². The predicted octanol–water partition coefficient (Wildman–Crippen LogP) is 3.85. The van der Waals surface area contributed by atoms with Gasteiger partial charge < -0.3 is 10.6 Å². The van der Waals surface area contributed by atoms with Crippen LogP contribution in [-0.2, 0) is 0 Å². The van der Waals surface area contributed by atoms with Gasteiger partial charge in [0.1, 0.15) is 5.82 Å². The highest BCUT2D eigenvalue weighted by atomic mass is 16.2. The SMILES string of the molecule is Nc1ncccc1C(=O)N1CC[C@H](c2ccccc2)[C@H]2CCCC[C@H]21. The van der Waals surface area contributed by atoms with Crippen LogP contribution < -0.4 is 5.73 Å². The highest BCUT2D eigenvalue weighted by Gasteiger charge is 2.42. The van der Waals surface area contributed by atoms with E-state index in [0.29, 0.717) is 29.3 Å². The van der Waals surface area contributed by atoms with Crippen molar-refractivity contribution in [3.63, 3.8) is 0 Å². The van der Waals surface area contributed by atoms with Gasteiger partial charge in [-0.2, -0.15) is 0 Å². The van der Waals surface area contributed by atoms with Crippen molar-refractivity contribution in [2.75, 3.05) is 12.3 Å². The summed E-state index contributed by atoms with van der Waals surface area (Å²) in [6.45, 7) is 0.799. The van der Waals surface area contributed by atoms with Gasteiger partial charge in [0.05, 0.1) is 5.56 Å². The molecule has 4 nitrogen and oxygen atoms in total. The lowest BCUT2D eigenvalue weighted by atomic mass is 9.69. The van der Waals surface area contributed by atoms with Gasteiger partial charge in [0, 0.05) is 18.8 Å². The molecule has 2 N–H and O–H groups in total. The maximum atomic E-state index is 13.1. The molecule has 0 spiro atoms. The molecule has 1 amide bonds. The number of carbonyl (C=O) groups excluding carboxylic acids is 1. The molecule has 1 saturated carbocycles. The molecule has 25 heavy (non-hydrogen) atoms. The Balaban J connectivity index is 1.62. The Morgan fingerprint density at radius 3 is 2.64 bits per heavy atom. The molecule has 0 bridgehead atoms. The Hall–Kier alpha value is -2.36. The van der Waals surface area contributed by atoms with Crippen LogP contribution in [0.15, 0.2) is 48.7 Å². The number of nitrogen functional groups attached to an aromatic ring is 1. The molecule has 1 aliphatic carbocycles. The van der Waals surface area contributed by atoms with Crippen LogP contribution in [0.3, 0.4) is 0 Å². The molecule has 3 atom stereocenters. The van der Waals surface area contributed by atoms with Crippen molar-refractivity contribution in [3.05, 3.63) is 59.8 Å². The first kappa shape index (κ1) is 16.1. The van der Waals surface area contributed by atoms with Crippen LogP contribution in [0.2, 0.25) is 0 Å². The van der Waals surface area contributed by atoms with Gasteiger partial charge in [-0.05, 0) is 48.8 Å². The fourth-order valence-electron chi connectivity index (χ4n) is 4.77. The fraction of sp³-hybridized carbons (Fsp3) is 0.429. The Morgan fingerprint density at radius 1 is 1.04 bits per heavy atom. The van der Waals surface area contributed by atoms with Gasteiger partial charge >= 0.3 is 0 Å². The molecule has 2 aliphatic rings. The number of hydrogen-bond donors (Lipinski definition) is 1. The smallest absolute Gasteiger partial charge is 0.257 e. The average Bonchev–Trinajstić information content (AvgIpc) is 2.68. The summed E-state index contributed by atoms with van der Waals surface area (Å²) in [5.74, 6) is 1.49. The van der Waals surface area contributed by atoms with E-state index in [-0.39, 0.29) is 5.91 Å². The van der Waals surface area contributed by atoms with Crippen molar-refractivity contribution in [2.45, 2.75) is 44.1 Å². The van der Waals surface area contributed by atoms with Crippen LogP contribution in [0, 0.1) is 5.92 Å². The van der Waals surface area contributed by atoms with E-state index in [2.05, 4.69) is 40.2 Å². The number of rotatable bonds is 2. The summed E-state index contributed by atoms with van der Waals surface area (Å²) >= 11 is 0. The third-order valence-corrected chi connectivity index (χ3v) is 5.94. The zero-order valence-electron chi connectivity index (χ0n) is 14.5. The Labute approximate surface area is 149 Å². The number of hydrogen-bond acceptors (Lipinski definition) is 3. The molecule has 0 radical (unpaired) electrons. The van der Waals surface area contributed by atoms with E-state index < -0.39 is 0 Å². The summed E-state index contributed by atoms with van der Waals surface area (Å²) in [5, 5.41) is 0. The molecule has 2 fully saturated rings. The highest BCUT2D eigenvalue weighted by molar-refractivity contribution is 5.98. The molecule has 0 unspecified atom stereocenters. The topological polar surface area (TPSA) is 59.2 Å². The van der Waals surface area contributed by atoms with Crippen molar-refractivity contribution < 1.29 is 4.79 Å². The van der Waals surface area contributed by atoms with Crippen molar-refractivity contribution >= 4 is 11.7 Å². The van der Waals surface area contributed by atoms with E-state index in [1.165, 1.54) is 24.8 Å². The van der Waals surface area contributed by atoms with Gasteiger partial charge in [0.25, 0.3) is 5.91 Å². The molecule has 2 aromatic rings. The maximum Gasteiger partial charge on any atom is 0.257 e. The van der Waals surface area contributed by atoms with Crippen molar-refractivity contribution in [1.82, 2.24) is 9.88 Å². The first-order valence-corrected chi connectivity index (χ1v) is 9.32. The molecular formula is C21H25N3O. The standard InChI is InChI=1S/C21H25N3O/c22-20-18(10-6-13-23-20)21(25)24-14-12-16(15-7-2-1-3-8-15)17-9-4-5-11-19(17)24/h1-3,6-8,10,13,16-17,19H,4-5,9,11-12,14H2,(H2,22,23)/t16-,17-,19-/m1/s1. The molecule has 1 saturated heterocycles. The molecule has 1 aliphatic heterocycles. The third kappa shape index (κ3) is 3.01. The molecule has 4 heteroatoms. The maximum absolute atomic E-state index is 13.1. The molecule has 1 aromatic carbocycles. The summed E-state index contributed by atoms with van der Waals surface area (Å²) in [7, 11) is 0. The number of piperidine rings is 1. The van der Waals surface area contributed by atoms with Crippen molar-refractivity contribution in [3.8, 4) is 0 Å². The lowest BCUT2D eigenvalue weighted by Crippen LogP contribution is -2.52. The summed E-state index contributed by atoms with van der Waals surface area (Å²) < 4.78 is 0. The van der Waals surface area contributed by atoms with Crippen LogP contribution in [0.25, 0.3) is 0 Å². The van der Waals surface area contributed by atoms with E-state index >= 15 is 0 Å². The van der Waals surface area contributed by atoms with Crippen LogP contribution in [0.4, 0.5) is 5.82 Å². The second-order valence-corrected chi connectivity index (χ2v) is 7.26. The number of pyridine rings is 1. The van der Waals surface area contributed by atoms with Gasteiger partial charge in [-0.25, -0.2) is 4.98 Å². The first-order valence-electron chi connectivity index (χ1n) is 9.32. The number of benzene rings is 1. The second-order valence-electron chi connectivity index (χ2n) is 7.26. The Bertz CT molecular complexity index is 746. The zero-order chi connectivity index (χ0) is 17.2. The minimum absolute atomic E-state index is 0.0500. The first-order chi connectivity index (χ1) is 12.3. The molecule has 1 aromatic heterocycles. The zero-order valence-corrected chi connectivity index (χ0v) is 14.5. The lowest BCUT2D eigenvalue weighted by molar-refractivity contribution is 0.0320. The van der Waals surface area contributed by atoms with Gasteiger partial charge in [-0.15, -0.1) is 0 Å². The summed E-state index contributed by atoms with van der Waals surface area (Å²) in [4.78, 5) is 19.3. The number of anilines is 1. The number of likely N-dealkylation sites (tertiary alicyclic amines) is 1. The largest absolute Gasteiger partial charge is 0.383 e. The molecule has 130 valence electrons. The van der Waals surface area contributed by atoms with E-state index in [9.17, 15) is 4.79 Å². The minimum Gasteiger partial charge on any atom is -0.383 e. The molecular weight excluding hydrogens is 310 g/mol. The van der Waals surface area contributed by atoms with Crippen LogP contribution in [-0.4, -0.2) is 28.4 Å². The molecule has 4 rings (SSSR count). The van der Waals surface area contributed by atoms with Crippen LogP contribution >= 0.6 is 0 Å². The number of fused-ring (bicyclic) bond motifs is 1. The van der Waals surface area contributed by atoms with Gasteiger partial charge in [-0.3, -0.25) is 4.79 Å². The van der Waals surface area contributed by atoms with Gasteiger partial charge in [0.2, 0.25) is 0 Å². The quantitative estimate of drug-likeness (QED) is 0.907. The number of aromatic nitrogens is 1. The summed E-state index contributed by atoms with van der Waals surface area (Å²) in [6.07, 6.45) is 7.43. The van der Waals surface area contributed by atoms with Gasteiger partial charge in [0.15, 0.2) is 0 Å². The second kappa shape index (κ2) is 6.87.